The summed E-state index contributed by atoms with van der Waals surface area (Å²) in [4.78, 5) is 4.60. The molecule has 0 saturated carbocycles. The van der Waals surface area contributed by atoms with Crippen LogP contribution in [0.4, 0.5) is 14.6 Å². The van der Waals surface area contributed by atoms with Gasteiger partial charge in [-0.05, 0) is 70.9 Å². The van der Waals surface area contributed by atoms with E-state index in [2.05, 4.69) is 20.8 Å². The van der Waals surface area contributed by atoms with Crippen molar-refractivity contribution < 1.29 is 13.3 Å². The molecule has 27 heavy (non-hydrogen) atoms. The summed E-state index contributed by atoms with van der Waals surface area (Å²) in [5, 5.41) is 3.30. The van der Waals surface area contributed by atoms with Gasteiger partial charge in [0, 0.05) is 25.1 Å². The molecule has 1 unspecified atom stereocenters. The number of aromatic nitrogens is 1. The predicted octanol–water partition coefficient (Wildman–Crippen LogP) is 5.10. The lowest BCUT2D eigenvalue weighted by Crippen LogP contribution is -2.26. The van der Waals surface area contributed by atoms with E-state index in [0.717, 1.165) is 37.3 Å². The summed E-state index contributed by atoms with van der Waals surface area (Å²) >= 11 is -1.38. The second kappa shape index (κ2) is 9.82. The number of alkyl halides is 2. The summed E-state index contributed by atoms with van der Waals surface area (Å²) in [6.45, 7) is 6.37. The standard InChI is InChI=1S/C20H31F2N3OS/c1-19(2,3)27(26)24-15-7-13-20(21,22)12-5-4-9-17-11-10-16-8-6-14-23-18(16)25-17/h10-11,15H,4-9,12-14H2,1-3H3,(H,23,25)/b24-15-. The van der Waals surface area contributed by atoms with Crippen LogP contribution in [0, 0.1) is 0 Å². The minimum atomic E-state index is -2.71. The Morgan fingerprint density at radius 1 is 1.26 bits per heavy atom. The van der Waals surface area contributed by atoms with Crippen molar-refractivity contribution in [3.05, 3.63) is 23.4 Å². The van der Waals surface area contributed by atoms with E-state index in [0.29, 0.717) is 12.8 Å². The molecule has 1 aromatic heterocycles. The number of anilines is 1. The molecule has 0 fully saturated rings. The molecule has 1 N–H and O–H groups in total. The summed E-state index contributed by atoms with van der Waals surface area (Å²) in [7, 11) is 0. The molecular weight excluding hydrogens is 368 g/mol. The van der Waals surface area contributed by atoms with Crippen LogP contribution >= 0.6 is 0 Å². The first kappa shape index (κ1) is 22.1. The molecule has 1 aliphatic rings. The Kier molecular flexibility index (Phi) is 8.04. The zero-order valence-corrected chi connectivity index (χ0v) is 17.4. The van der Waals surface area contributed by atoms with Crippen molar-refractivity contribution >= 4 is 23.4 Å². The number of nitrogens with one attached hydrogen (secondary N) is 1. The molecule has 4 nitrogen and oxygen atoms in total. The molecule has 0 aromatic carbocycles. The number of fused-ring (bicyclic) bond motifs is 1. The van der Waals surface area contributed by atoms with E-state index in [1.807, 2.05) is 26.8 Å². The summed E-state index contributed by atoms with van der Waals surface area (Å²) in [6.07, 6.45) is 5.19. The van der Waals surface area contributed by atoms with E-state index in [-0.39, 0.29) is 19.3 Å². The Labute approximate surface area is 164 Å². The summed E-state index contributed by atoms with van der Waals surface area (Å²) in [6, 6.07) is 4.11. The fourth-order valence-corrected chi connectivity index (χ4v) is 3.43. The number of rotatable bonds is 9. The van der Waals surface area contributed by atoms with Gasteiger partial charge in [-0.2, -0.15) is 0 Å². The van der Waals surface area contributed by atoms with E-state index < -0.39 is 22.0 Å². The first-order valence-corrected chi connectivity index (χ1v) is 10.8. The number of unbranched alkanes of at least 4 members (excludes halogenated alkanes) is 1. The highest BCUT2D eigenvalue weighted by Gasteiger charge is 2.28. The third-order valence-corrected chi connectivity index (χ3v) is 5.90. The number of aryl methyl sites for hydroxylation is 2. The van der Waals surface area contributed by atoms with Gasteiger partial charge in [-0.15, -0.1) is 0 Å². The van der Waals surface area contributed by atoms with Crippen LogP contribution in [0.3, 0.4) is 0 Å². The van der Waals surface area contributed by atoms with Crippen LogP contribution in [0.1, 0.15) is 70.6 Å². The number of pyridine rings is 1. The lowest BCUT2D eigenvalue weighted by molar-refractivity contribution is -0.0161. The fourth-order valence-electron chi connectivity index (χ4n) is 2.88. The van der Waals surface area contributed by atoms with E-state index in [9.17, 15) is 13.3 Å². The van der Waals surface area contributed by atoms with Crippen molar-refractivity contribution in [1.82, 2.24) is 4.98 Å². The third kappa shape index (κ3) is 7.74. The molecule has 0 saturated heterocycles. The zero-order chi connectivity index (χ0) is 19.9. The van der Waals surface area contributed by atoms with E-state index >= 15 is 0 Å². The lowest BCUT2D eigenvalue weighted by Gasteiger charge is -2.18. The smallest absolute Gasteiger partial charge is 0.248 e. The number of nitrogens with zero attached hydrogens (tertiary/aromatic N) is 2. The second-order valence-electron chi connectivity index (χ2n) is 8.09. The number of hydrogen-bond donors (Lipinski definition) is 1. The van der Waals surface area contributed by atoms with Gasteiger partial charge in [0.05, 0.1) is 6.21 Å². The third-order valence-electron chi connectivity index (χ3n) is 4.51. The van der Waals surface area contributed by atoms with Crippen LogP contribution < -0.4 is 5.32 Å². The molecule has 7 heteroatoms. The quantitative estimate of drug-likeness (QED) is 0.357. The second-order valence-corrected chi connectivity index (χ2v) is 10.0. The lowest BCUT2D eigenvalue weighted by atomic mass is 10.0. The van der Waals surface area contributed by atoms with Gasteiger partial charge < -0.3 is 9.87 Å². The van der Waals surface area contributed by atoms with Crippen LogP contribution in [0.2, 0.25) is 0 Å². The Hall–Kier alpha value is -1.21. The molecule has 1 aliphatic heterocycles. The molecule has 0 spiro atoms. The maximum Gasteiger partial charge on any atom is 0.248 e. The highest BCUT2D eigenvalue weighted by atomic mass is 32.2. The van der Waals surface area contributed by atoms with Gasteiger partial charge in [0.2, 0.25) is 5.92 Å². The topological polar surface area (TPSA) is 60.3 Å². The SMILES string of the molecule is CC(C)(C)[S+]([O-])/N=C\CCC(F)(F)CCCCc1ccc2c(n1)NCCC2. The summed E-state index contributed by atoms with van der Waals surface area (Å²) < 4.78 is 43.1. The Morgan fingerprint density at radius 2 is 2.04 bits per heavy atom. The van der Waals surface area contributed by atoms with Gasteiger partial charge in [-0.1, -0.05) is 10.5 Å². The van der Waals surface area contributed by atoms with Crippen molar-refractivity contribution in [1.29, 1.82) is 0 Å². The Bertz CT molecular complexity index is 632. The largest absolute Gasteiger partial charge is 0.591 e. The van der Waals surface area contributed by atoms with Gasteiger partial charge >= 0.3 is 0 Å². The first-order chi connectivity index (χ1) is 12.7. The fraction of sp³-hybridized carbons (Fsp3) is 0.700. The molecule has 0 amide bonds. The Morgan fingerprint density at radius 3 is 2.78 bits per heavy atom. The predicted molar refractivity (Wildman–Crippen MR) is 109 cm³/mol. The summed E-state index contributed by atoms with van der Waals surface area (Å²) in [5.41, 5.74) is 2.20. The zero-order valence-electron chi connectivity index (χ0n) is 16.6. The maximum atomic E-state index is 14.0. The Balaban J connectivity index is 1.67. The van der Waals surface area contributed by atoms with Crippen LogP contribution in [0.5, 0.6) is 0 Å². The highest BCUT2D eigenvalue weighted by molar-refractivity contribution is 7.91. The van der Waals surface area contributed by atoms with Crippen molar-refractivity contribution in [3.8, 4) is 0 Å². The minimum absolute atomic E-state index is 0.133. The molecular formula is C20H31F2N3OS. The average Bonchev–Trinajstić information content (AvgIpc) is 2.61. The molecule has 152 valence electrons. The summed E-state index contributed by atoms with van der Waals surface area (Å²) in [5.74, 6) is -1.75. The van der Waals surface area contributed by atoms with Gasteiger partial charge in [-0.25, -0.2) is 13.8 Å². The molecule has 0 radical (unpaired) electrons. The molecule has 2 rings (SSSR count). The highest BCUT2D eigenvalue weighted by Crippen LogP contribution is 2.27. The van der Waals surface area contributed by atoms with Crippen molar-refractivity contribution in [2.45, 2.75) is 82.8 Å². The van der Waals surface area contributed by atoms with Gasteiger partial charge in [-0.3, -0.25) is 0 Å². The van der Waals surface area contributed by atoms with Crippen LogP contribution in [-0.2, 0) is 24.2 Å². The van der Waals surface area contributed by atoms with Crippen LogP contribution in [0.15, 0.2) is 16.5 Å². The van der Waals surface area contributed by atoms with E-state index in [1.165, 1.54) is 11.8 Å². The molecule has 0 aliphatic carbocycles. The molecule has 1 atom stereocenters. The van der Waals surface area contributed by atoms with Crippen LogP contribution in [0.25, 0.3) is 0 Å². The van der Waals surface area contributed by atoms with Crippen LogP contribution in [-0.4, -0.2) is 33.0 Å². The number of halogens is 2. The van der Waals surface area contributed by atoms with Crippen molar-refractivity contribution in [2.75, 3.05) is 11.9 Å². The number of hydrogen-bond acceptors (Lipinski definition) is 4. The molecule has 0 bridgehead atoms. The average molecular weight is 400 g/mol. The van der Waals surface area contributed by atoms with E-state index in [1.54, 1.807) is 0 Å². The first-order valence-electron chi connectivity index (χ1n) is 9.72. The molecule has 1 aromatic rings. The maximum absolute atomic E-state index is 14.0. The van der Waals surface area contributed by atoms with Crippen molar-refractivity contribution in [2.24, 2.45) is 4.40 Å². The normalized spacial score (nSPS) is 16.2. The van der Waals surface area contributed by atoms with Gasteiger partial charge in [0.25, 0.3) is 0 Å². The van der Waals surface area contributed by atoms with E-state index in [4.69, 9.17) is 0 Å². The molecule has 2 heterocycles. The monoisotopic (exact) mass is 399 g/mol. The van der Waals surface area contributed by atoms with Gasteiger partial charge in [0.15, 0.2) is 0 Å². The van der Waals surface area contributed by atoms with Gasteiger partial charge in [0.1, 0.15) is 21.9 Å². The minimum Gasteiger partial charge on any atom is -0.591 e. The van der Waals surface area contributed by atoms with Crippen molar-refractivity contribution in [3.63, 3.8) is 0 Å².